The molecule has 0 unspecified atom stereocenters. The smallest absolute Gasteiger partial charge is 0.415 e. The zero-order chi connectivity index (χ0) is 17.4. The van der Waals surface area contributed by atoms with E-state index in [0.29, 0.717) is 6.54 Å². The molecule has 1 amide bonds. The van der Waals surface area contributed by atoms with Crippen LogP contribution >= 0.6 is 11.3 Å². The summed E-state index contributed by atoms with van der Waals surface area (Å²) in [6.45, 7) is 0.525. The van der Waals surface area contributed by atoms with Crippen molar-refractivity contribution in [2.24, 2.45) is 0 Å². The first-order valence-electron chi connectivity index (χ1n) is 7.99. The summed E-state index contributed by atoms with van der Waals surface area (Å²) in [5.74, 6) is 0.822. The second kappa shape index (κ2) is 8.26. The van der Waals surface area contributed by atoms with Gasteiger partial charge in [-0.3, -0.25) is 4.90 Å². The van der Waals surface area contributed by atoms with Gasteiger partial charge in [0.25, 0.3) is 0 Å². The Morgan fingerprint density at radius 2 is 2.04 bits per heavy atom. The number of thiophene rings is 1. The van der Waals surface area contributed by atoms with E-state index in [-0.39, 0.29) is 62.8 Å². The molecule has 26 heavy (non-hydrogen) atoms. The minimum Gasteiger partial charge on any atom is -0.674 e. The molecule has 3 aromatic rings. The average Bonchev–Trinajstić information content (AvgIpc) is 3.24. The standard InChI is InChI=1S/C19H17N2O3S.Ac/c1-23-13-7-5-12(6-8-13)15-3-2-4-17-16(15)9-18(25-17)21-11-14(10-20)24-19(21)22;/h2-9,14,20H,10-11H2,1H3;/q-1;/t14-;/m0./s1. The van der Waals surface area contributed by atoms with Crippen molar-refractivity contribution in [3.63, 3.8) is 0 Å². The summed E-state index contributed by atoms with van der Waals surface area (Å²) < 4.78 is 11.5. The Bertz CT molecular complexity index is 926. The number of methoxy groups -OCH3 is 1. The number of hydrogen-bond acceptors (Lipinski definition) is 4. The van der Waals surface area contributed by atoms with E-state index < -0.39 is 0 Å². The summed E-state index contributed by atoms with van der Waals surface area (Å²) in [6.07, 6.45) is -0.714. The normalized spacial score (nSPS) is 16.5. The Kier molecular flexibility index (Phi) is 6.24. The van der Waals surface area contributed by atoms with Gasteiger partial charge in [0.05, 0.1) is 13.7 Å². The molecule has 1 atom stereocenters. The van der Waals surface area contributed by atoms with E-state index in [0.717, 1.165) is 32.0 Å². The molecule has 1 fully saturated rings. The number of nitrogens with zero attached hydrogens (tertiary/aromatic N) is 1. The fourth-order valence-electron chi connectivity index (χ4n) is 3.01. The van der Waals surface area contributed by atoms with Crippen molar-refractivity contribution < 1.29 is 58.3 Å². The number of ether oxygens (including phenoxy) is 2. The minimum atomic E-state index is -0.366. The molecule has 1 aliphatic heterocycles. The monoisotopic (exact) mass is 580 g/mol. The van der Waals surface area contributed by atoms with Gasteiger partial charge in [-0.25, -0.2) is 4.79 Å². The largest absolute Gasteiger partial charge is 0.674 e. The molecule has 1 saturated heterocycles. The summed E-state index contributed by atoms with van der Waals surface area (Å²) in [5, 5.41) is 1.96. The fourth-order valence-corrected chi connectivity index (χ4v) is 4.10. The van der Waals surface area contributed by atoms with Gasteiger partial charge in [0, 0.05) is 54.1 Å². The van der Waals surface area contributed by atoms with Crippen LogP contribution in [0.2, 0.25) is 0 Å². The van der Waals surface area contributed by atoms with E-state index in [4.69, 9.17) is 15.2 Å². The van der Waals surface area contributed by atoms with Crippen molar-refractivity contribution in [2.75, 3.05) is 25.1 Å². The first-order chi connectivity index (χ1) is 12.2. The first kappa shape index (κ1) is 19.6. The van der Waals surface area contributed by atoms with Crippen LogP contribution in [0.3, 0.4) is 0 Å². The molecule has 5 nitrogen and oxygen atoms in total. The second-order valence-electron chi connectivity index (χ2n) is 5.85. The number of carbonyl (C=O) groups excluding carboxylic acids is 1. The molecule has 0 aliphatic carbocycles. The molecule has 0 bridgehead atoms. The molecule has 0 spiro atoms. The van der Waals surface area contributed by atoms with Crippen LogP contribution in [-0.2, 0) is 4.74 Å². The predicted molar refractivity (Wildman–Crippen MR) is 101 cm³/mol. The number of fused-ring (bicyclic) bond motifs is 1. The molecule has 1 N–H and O–H groups in total. The van der Waals surface area contributed by atoms with Crippen LogP contribution in [0.15, 0.2) is 48.5 Å². The van der Waals surface area contributed by atoms with E-state index in [1.54, 1.807) is 23.3 Å². The number of anilines is 1. The third kappa shape index (κ3) is 3.63. The maximum absolute atomic E-state index is 12.1. The van der Waals surface area contributed by atoms with Gasteiger partial charge in [0.1, 0.15) is 16.9 Å². The van der Waals surface area contributed by atoms with E-state index in [9.17, 15) is 4.79 Å². The first-order valence-corrected chi connectivity index (χ1v) is 8.81. The summed E-state index contributed by atoms with van der Waals surface area (Å²) in [7, 11) is 1.65. The van der Waals surface area contributed by atoms with Crippen molar-refractivity contribution in [3.05, 3.63) is 54.3 Å². The number of rotatable bonds is 4. The fraction of sp³-hybridized carbons (Fsp3) is 0.211. The van der Waals surface area contributed by atoms with Crippen LogP contribution in [-0.4, -0.2) is 32.4 Å². The summed E-state index contributed by atoms with van der Waals surface area (Å²) in [4.78, 5) is 13.7. The quantitative estimate of drug-likeness (QED) is 0.439. The van der Waals surface area contributed by atoms with E-state index >= 15 is 0 Å². The van der Waals surface area contributed by atoms with Gasteiger partial charge >= 0.3 is 6.09 Å². The third-order valence-corrected chi connectivity index (χ3v) is 5.44. The SMILES string of the molecule is COc1ccc(-c2cccc3sc(N4C[C@H](C[NH-])OC4=O)cc23)cc1.[Ac]. The molecular weight excluding hydrogens is 563 g/mol. The van der Waals surface area contributed by atoms with Gasteiger partial charge < -0.3 is 15.2 Å². The van der Waals surface area contributed by atoms with Gasteiger partial charge in [-0.15, -0.1) is 17.9 Å². The van der Waals surface area contributed by atoms with Crippen molar-refractivity contribution in [2.45, 2.75) is 6.10 Å². The van der Waals surface area contributed by atoms with Crippen LogP contribution in [0, 0.1) is 44.1 Å². The molecular formula is C19H17AcN2O3S-. The molecule has 2 heterocycles. The van der Waals surface area contributed by atoms with Crippen molar-refractivity contribution in [3.8, 4) is 16.9 Å². The number of hydrogen-bond donors (Lipinski definition) is 0. The Labute approximate surface area is 191 Å². The van der Waals surface area contributed by atoms with Crippen LogP contribution in [0.1, 0.15) is 0 Å². The van der Waals surface area contributed by atoms with Crippen LogP contribution in [0.5, 0.6) is 5.75 Å². The van der Waals surface area contributed by atoms with Crippen LogP contribution < -0.4 is 9.64 Å². The van der Waals surface area contributed by atoms with Gasteiger partial charge in [-0.1, -0.05) is 24.3 Å². The number of carbonyl (C=O) groups is 1. The molecule has 1 aromatic heterocycles. The number of amides is 1. The summed E-state index contributed by atoms with van der Waals surface area (Å²) >= 11 is 1.57. The van der Waals surface area contributed by atoms with Gasteiger partial charge in [0.2, 0.25) is 0 Å². The van der Waals surface area contributed by atoms with Crippen LogP contribution in [0.4, 0.5) is 9.80 Å². The topological polar surface area (TPSA) is 62.6 Å². The molecule has 4 rings (SSSR count). The molecule has 2 aromatic carbocycles. The molecule has 1 aliphatic rings. The molecule has 0 saturated carbocycles. The second-order valence-corrected chi connectivity index (χ2v) is 6.91. The third-order valence-electron chi connectivity index (χ3n) is 4.32. The Balaban J connectivity index is 0.00000196. The number of nitrogens with one attached hydrogen (secondary N) is 1. The van der Waals surface area contributed by atoms with Gasteiger partial charge in [0.15, 0.2) is 0 Å². The van der Waals surface area contributed by atoms with Crippen molar-refractivity contribution in [1.82, 2.24) is 0 Å². The zero-order valence-electron chi connectivity index (χ0n) is 14.3. The Morgan fingerprint density at radius 1 is 1.27 bits per heavy atom. The predicted octanol–water partition coefficient (Wildman–Crippen LogP) is 4.95. The molecule has 7 heteroatoms. The van der Waals surface area contributed by atoms with E-state index in [2.05, 4.69) is 12.1 Å². The van der Waals surface area contributed by atoms with Crippen molar-refractivity contribution >= 4 is 32.5 Å². The van der Waals surface area contributed by atoms with Gasteiger partial charge in [-0.05, 0) is 35.4 Å². The summed E-state index contributed by atoms with van der Waals surface area (Å²) in [6, 6.07) is 16.1. The summed E-state index contributed by atoms with van der Waals surface area (Å²) in [5.41, 5.74) is 9.64. The average molecular weight is 580 g/mol. The molecule has 1 radical (unpaired) electrons. The zero-order valence-corrected chi connectivity index (χ0v) is 19.8. The number of benzene rings is 2. The minimum absolute atomic E-state index is 0. The van der Waals surface area contributed by atoms with Gasteiger partial charge in [-0.2, -0.15) is 0 Å². The van der Waals surface area contributed by atoms with Crippen LogP contribution in [0.25, 0.3) is 26.9 Å². The van der Waals surface area contributed by atoms with Crippen molar-refractivity contribution in [1.29, 1.82) is 0 Å². The maximum Gasteiger partial charge on any atom is 0.415 e. The van der Waals surface area contributed by atoms with E-state index in [1.165, 1.54) is 0 Å². The number of cyclic esters (lactones) is 1. The Morgan fingerprint density at radius 3 is 2.69 bits per heavy atom. The van der Waals surface area contributed by atoms with E-state index in [1.807, 2.05) is 36.4 Å². The Hall–Kier alpha value is -1.13. The maximum atomic E-state index is 12.1. The molecule has 131 valence electrons.